The molecular formula is C23H40N2O4. The van der Waals surface area contributed by atoms with Crippen molar-refractivity contribution in [2.75, 3.05) is 6.61 Å². The Hall–Kier alpha value is -1.14. The predicted molar refractivity (Wildman–Crippen MR) is 112 cm³/mol. The molecule has 6 heteroatoms. The van der Waals surface area contributed by atoms with Gasteiger partial charge < -0.3 is 20.8 Å². The van der Waals surface area contributed by atoms with Crippen molar-refractivity contribution >= 4 is 11.8 Å². The molecule has 29 heavy (non-hydrogen) atoms. The zero-order valence-electron chi connectivity index (χ0n) is 18.4. The zero-order valence-corrected chi connectivity index (χ0v) is 18.4. The monoisotopic (exact) mass is 408 g/mol. The van der Waals surface area contributed by atoms with Crippen LogP contribution in [0.25, 0.3) is 0 Å². The van der Waals surface area contributed by atoms with Crippen LogP contribution in [0.4, 0.5) is 0 Å². The van der Waals surface area contributed by atoms with Gasteiger partial charge in [0, 0.05) is 12.5 Å². The van der Waals surface area contributed by atoms with Gasteiger partial charge in [0.15, 0.2) is 0 Å². The predicted octanol–water partition coefficient (Wildman–Crippen LogP) is 2.52. The van der Waals surface area contributed by atoms with E-state index in [0.717, 1.165) is 38.5 Å². The molecule has 0 aromatic rings. The first kappa shape index (κ1) is 22.5. The fourth-order valence-electron chi connectivity index (χ4n) is 6.35. The molecule has 3 fully saturated rings. The number of hydrogen-bond donors (Lipinski definition) is 4. The number of aliphatic hydroxyl groups is 2. The first-order valence-electron chi connectivity index (χ1n) is 11.6. The first-order valence-corrected chi connectivity index (χ1v) is 11.6. The van der Waals surface area contributed by atoms with Crippen LogP contribution in [0.2, 0.25) is 0 Å². The summed E-state index contributed by atoms with van der Waals surface area (Å²) in [5.41, 5.74) is -0.155. The number of aliphatic hydroxyl groups excluding tert-OH is 2. The lowest BCUT2D eigenvalue weighted by molar-refractivity contribution is -0.131. The minimum atomic E-state index is -0.924. The SMILES string of the molecule is CC1(C)C2CCC1(C)C(O)C2CC(=O)N[C@@H](CO)C(=O)NC1CCCCCCC1. The van der Waals surface area contributed by atoms with Crippen LogP contribution in [-0.4, -0.2) is 46.8 Å². The van der Waals surface area contributed by atoms with E-state index in [1.165, 1.54) is 19.3 Å². The lowest BCUT2D eigenvalue weighted by Gasteiger charge is -2.37. The molecule has 0 radical (unpaired) electrons. The Morgan fingerprint density at radius 3 is 2.21 bits per heavy atom. The fraction of sp³-hybridized carbons (Fsp3) is 0.913. The number of hydrogen-bond acceptors (Lipinski definition) is 4. The van der Waals surface area contributed by atoms with Crippen molar-refractivity contribution in [2.45, 2.75) is 103 Å². The number of nitrogens with one attached hydrogen (secondary N) is 2. The largest absolute Gasteiger partial charge is 0.394 e. The van der Waals surface area contributed by atoms with Crippen LogP contribution < -0.4 is 10.6 Å². The maximum Gasteiger partial charge on any atom is 0.245 e. The van der Waals surface area contributed by atoms with Crippen molar-refractivity contribution in [3.05, 3.63) is 0 Å². The van der Waals surface area contributed by atoms with E-state index in [4.69, 9.17) is 0 Å². The molecule has 0 saturated heterocycles. The van der Waals surface area contributed by atoms with Crippen LogP contribution in [0.15, 0.2) is 0 Å². The van der Waals surface area contributed by atoms with Gasteiger partial charge in [-0.05, 0) is 48.3 Å². The minimum absolute atomic E-state index is 0.00330. The Bertz CT molecular complexity index is 600. The molecule has 6 nitrogen and oxygen atoms in total. The lowest BCUT2D eigenvalue weighted by atomic mass is 9.70. The minimum Gasteiger partial charge on any atom is -0.394 e. The van der Waals surface area contributed by atoms with Crippen molar-refractivity contribution < 1.29 is 19.8 Å². The number of amides is 2. The maximum absolute atomic E-state index is 12.7. The third-order valence-electron chi connectivity index (χ3n) is 8.66. The molecule has 3 saturated carbocycles. The van der Waals surface area contributed by atoms with Crippen LogP contribution in [0.3, 0.4) is 0 Å². The van der Waals surface area contributed by atoms with Gasteiger partial charge in [-0.1, -0.05) is 52.9 Å². The van der Waals surface area contributed by atoms with Gasteiger partial charge in [-0.3, -0.25) is 9.59 Å². The lowest BCUT2D eigenvalue weighted by Crippen LogP contribution is -2.52. The summed E-state index contributed by atoms with van der Waals surface area (Å²) in [6, 6.07) is -0.797. The van der Waals surface area contributed by atoms with Crippen LogP contribution in [-0.2, 0) is 9.59 Å². The van der Waals surface area contributed by atoms with Crippen molar-refractivity contribution in [2.24, 2.45) is 22.7 Å². The molecule has 3 rings (SSSR count). The van der Waals surface area contributed by atoms with E-state index in [2.05, 4.69) is 31.4 Å². The standard InChI is InChI=1S/C23H40N2O4/c1-22(2)17-11-12-23(22,3)20(28)16(17)13-19(27)25-18(14-26)21(29)24-15-9-7-5-4-6-8-10-15/h15-18,20,26,28H,4-14H2,1-3H3,(H,24,29)(H,25,27)/t16?,17?,18-,20?,23?/m0/s1. The van der Waals surface area contributed by atoms with Crippen LogP contribution in [0.5, 0.6) is 0 Å². The topological polar surface area (TPSA) is 98.7 Å². The summed E-state index contributed by atoms with van der Waals surface area (Å²) in [5.74, 6) is -0.332. The summed E-state index contributed by atoms with van der Waals surface area (Å²) >= 11 is 0. The Kier molecular flexibility index (Phi) is 6.94. The van der Waals surface area contributed by atoms with Crippen molar-refractivity contribution in [3.8, 4) is 0 Å². The average molecular weight is 409 g/mol. The maximum atomic E-state index is 12.7. The molecule has 2 bridgehead atoms. The Morgan fingerprint density at radius 2 is 1.66 bits per heavy atom. The van der Waals surface area contributed by atoms with E-state index >= 15 is 0 Å². The second kappa shape index (κ2) is 8.93. The van der Waals surface area contributed by atoms with E-state index in [9.17, 15) is 19.8 Å². The van der Waals surface area contributed by atoms with Gasteiger partial charge in [0.1, 0.15) is 6.04 Å². The van der Waals surface area contributed by atoms with Gasteiger partial charge in [0.25, 0.3) is 0 Å². The van der Waals surface area contributed by atoms with Gasteiger partial charge in [0.05, 0.1) is 12.7 Å². The molecule has 4 N–H and O–H groups in total. The summed E-state index contributed by atoms with van der Waals surface area (Å²) < 4.78 is 0. The zero-order chi connectivity index (χ0) is 21.2. The molecule has 0 aliphatic heterocycles. The van der Waals surface area contributed by atoms with E-state index in [-0.39, 0.29) is 41.0 Å². The molecule has 3 aliphatic rings. The molecule has 0 spiro atoms. The average Bonchev–Trinajstić information content (AvgIpc) is 2.95. The highest BCUT2D eigenvalue weighted by molar-refractivity contribution is 5.88. The summed E-state index contributed by atoms with van der Waals surface area (Å²) in [6.07, 6.45) is 9.53. The normalized spacial score (nSPS) is 35.6. The third-order valence-corrected chi connectivity index (χ3v) is 8.66. The van der Waals surface area contributed by atoms with Gasteiger partial charge in [-0.15, -0.1) is 0 Å². The molecule has 2 amide bonds. The Morgan fingerprint density at radius 1 is 1.03 bits per heavy atom. The van der Waals surface area contributed by atoms with E-state index < -0.39 is 18.8 Å². The number of carbonyl (C=O) groups excluding carboxylic acids is 2. The second-order valence-corrected chi connectivity index (χ2v) is 10.5. The van der Waals surface area contributed by atoms with Crippen molar-refractivity contribution in [1.82, 2.24) is 10.6 Å². The second-order valence-electron chi connectivity index (χ2n) is 10.5. The van der Waals surface area contributed by atoms with Crippen LogP contribution >= 0.6 is 0 Å². The Labute approximate surface area is 175 Å². The van der Waals surface area contributed by atoms with Gasteiger partial charge in [-0.2, -0.15) is 0 Å². The van der Waals surface area contributed by atoms with Crippen LogP contribution in [0.1, 0.15) is 85.0 Å². The van der Waals surface area contributed by atoms with E-state index in [0.29, 0.717) is 5.92 Å². The van der Waals surface area contributed by atoms with E-state index in [1.807, 2.05) is 0 Å². The molecular weight excluding hydrogens is 368 g/mol. The first-order chi connectivity index (χ1) is 13.7. The quantitative estimate of drug-likeness (QED) is 0.543. The number of rotatable bonds is 6. The Balaban J connectivity index is 1.54. The van der Waals surface area contributed by atoms with E-state index in [1.54, 1.807) is 0 Å². The van der Waals surface area contributed by atoms with Crippen LogP contribution in [0, 0.1) is 22.7 Å². The number of fused-ring (bicyclic) bond motifs is 2. The van der Waals surface area contributed by atoms with Crippen molar-refractivity contribution in [3.63, 3.8) is 0 Å². The van der Waals surface area contributed by atoms with Gasteiger partial charge in [-0.25, -0.2) is 0 Å². The summed E-state index contributed by atoms with van der Waals surface area (Å²) in [5, 5.41) is 26.3. The summed E-state index contributed by atoms with van der Waals surface area (Å²) in [6.45, 7) is 6.12. The molecule has 0 aromatic carbocycles. The highest BCUT2D eigenvalue weighted by Gasteiger charge is 2.65. The smallest absolute Gasteiger partial charge is 0.245 e. The third kappa shape index (κ3) is 4.34. The fourth-order valence-corrected chi connectivity index (χ4v) is 6.35. The summed E-state index contributed by atoms with van der Waals surface area (Å²) in [7, 11) is 0. The highest BCUT2D eigenvalue weighted by Crippen LogP contribution is 2.68. The molecule has 4 unspecified atom stereocenters. The van der Waals surface area contributed by atoms with Gasteiger partial charge in [0.2, 0.25) is 11.8 Å². The molecule has 5 atom stereocenters. The van der Waals surface area contributed by atoms with Crippen molar-refractivity contribution in [1.29, 1.82) is 0 Å². The highest BCUT2D eigenvalue weighted by atomic mass is 16.3. The van der Waals surface area contributed by atoms with Gasteiger partial charge >= 0.3 is 0 Å². The molecule has 166 valence electrons. The molecule has 0 aromatic heterocycles. The molecule has 3 aliphatic carbocycles. The number of carbonyl (C=O) groups is 2. The summed E-state index contributed by atoms with van der Waals surface area (Å²) in [4.78, 5) is 25.3. The molecule has 0 heterocycles.